The molecule has 3 N–H and O–H groups in total. The van der Waals surface area contributed by atoms with Crippen molar-refractivity contribution in [2.45, 2.75) is 46.1 Å². The molecule has 0 aromatic heterocycles. The lowest BCUT2D eigenvalue weighted by Crippen LogP contribution is -2.42. The van der Waals surface area contributed by atoms with E-state index < -0.39 is 5.97 Å². The number of carboxylic acids is 1. The molecule has 0 aliphatic heterocycles. The van der Waals surface area contributed by atoms with Crippen molar-refractivity contribution in [2.24, 2.45) is 0 Å². The van der Waals surface area contributed by atoms with Gasteiger partial charge in [0.1, 0.15) is 0 Å². The number of benzene rings is 1. The van der Waals surface area contributed by atoms with Crippen LogP contribution in [-0.4, -0.2) is 29.7 Å². The van der Waals surface area contributed by atoms with Crippen LogP contribution in [0.5, 0.6) is 0 Å². The zero-order valence-corrected chi connectivity index (χ0v) is 12.9. The highest BCUT2D eigenvalue weighted by Gasteiger charge is 2.08. The van der Waals surface area contributed by atoms with Crippen molar-refractivity contribution in [1.29, 1.82) is 0 Å². The lowest BCUT2D eigenvalue weighted by atomic mass is 10.0. The van der Waals surface area contributed by atoms with Crippen molar-refractivity contribution in [1.82, 2.24) is 10.6 Å². The van der Waals surface area contributed by atoms with Crippen molar-refractivity contribution in [3.63, 3.8) is 0 Å². The molecule has 0 heterocycles. The molecule has 0 saturated heterocycles. The van der Waals surface area contributed by atoms with Crippen LogP contribution in [0.3, 0.4) is 0 Å². The molecule has 0 aliphatic carbocycles. The summed E-state index contributed by atoms with van der Waals surface area (Å²) in [5.41, 5.74) is 3.64. The lowest BCUT2D eigenvalue weighted by Gasteiger charge is -2.15. The predicted octanol–water partition coefficient (Wildman–Crippen LogP) is 2.40. The molecule has 0 aliphatic rings. The SMILES string of the molecule is Cc1cc(C)cc(CC(C)NC(=O)NCCCC(=O)O)c1. The summed E-state index contributed by atoms with van der Waals surface area (Å²) >= 11 is 0. The Balaban J connectivity index is 2.33. The third-order valence-electron chi connectivity index (χ3n) is 3.05. The van der Waals surface area contributed by atoms with Gasteiger partial charge in [-0.1, -0.05) is 29.3 Å². The second kappa shape index (κ2) is 8.29. The Morgan fingerprint density at radius 2 is 1.81 bits per heavy atom. The number of rotatable bonds is 7. The van der Waals surface area contributed by atoms with Crippen molar-refractivity contribution in [2.75, 3.05) is 6.54 Å². The number of carboxylic acid groups (broad SMARTS) is 1. The molecule has 21 heavy (non-hydrogen) atoms. The maximum absolute atomic E-state index is 11.7. The summed E-state index contributed by atoms with van der Waals surface area (Å²) in [5, 5.41) is 14.0. The summed E-state index contributed by atoms with van der Waals surface area (Å²) in [6, 6.07) is 6.13. The van der Waals surface area contributed by atoms with E-state index in [1.807, 2.05) is 6.92 Å². The van der Waals surface area contributed by atoms with E-state index in [4.69, 9.17) is 5.11 Å². The molecule has 1 aromatic rings. The van der Waals surface area contributed by atoms with E-state index in [0.29, 0.717) is 13.0 Å². The van der Waals surface area contributed by atoms with Crippen molar-refractivity contribution in [3.05, 3.63) is 34.9 Å². The second-order valence-electron chi connectivity index (χ2n) is 5.50. The smallest absolute Gasteiger partial charge is 0.315 e. The van der Waals surface area contributed by atoms with Crippen LogP contribution in [0.25, 0.3) is 0 Å². The highest BCUT2D eigenvalue weighted by atomic mass is 16.4. The fourth-order valence-corrected chi connectivity index (χ4v) is 2.31. The molecule has 116 valence electrons. The lowest BCUT2D eigenvalue weighted by molar-refractivity contribution is -0.137. The van der Waals surface area contributed by atoms with Crippen molar-refractivity contribution >= 4 is 12.0 Å². The summed E-state index contributed by atoms with van der Waals surface area (Å²) in [4.78, 5) is 22.0. The van der Waals surface area contributed by atoms with E-state index in [1.165, 1.54) is 16.7 Å². The molecule has 5 heteroatoms. The van der Waals surface area contributed by atoms with Gasteiger partial charge in [0.15, 0.2) is 0 Å². The van der Waals surface area contributed by atoms with E-state index >= 15 is 0 Å². The van der Waals surface area contributed by atoms with Crippen LogP contribution in [0.15, 0.2) is 18.2 Å². The second-order valence-corrected chi connectivity index (χ2v) is 5.50. The number of hydrogen-bond donors (Lipinski definition) is 3. The Morgan fingerprint density at radius 1 is 1.19 bits per heavy atom. The van der Waals surface area contributed by atoms with Crippen molar-refractivity contribution < 1.29 is 14.7 Å². The first kappa shape index (κ1) is 17.0. The molecule has 0 bridgehead atoms. The molecular weight excluding hydrogens is 268 g/mol. The van der Waals surface area contributed by atoms with Gasteiger partial charge in [-0.3, -0.25) is 4.79 Å². The Labute approximate surface area is 125 Å². The molecule has 1 atom stereocenters. The van der Waals surface area contributed by atoms with Gasteiger partial charge in [0.05, 0.1) is 0 Å². The quantitative estimate of drug-likeness (QED) is 0.675. The summed E-state index contributed by atoms with van der Waals surface area (Å²) in [6.45, 7) is 6.44. The molecule has 0 radical (unpaired) electrons. The standard InChI is InChI=1S/C16H24N2O3/c1-11-7-12(2)9-14(8-11)10-13(3)18-16(21)17-6-4-5-15(19)20/h7-9,13H,4-6,10H2,1-3H3,(H,19,20)(H2,17,18,21). The predicted molar refractivity (Wildman–Crippen MR) is 82.5 cm³/mol. The number of aliphatic carboxylic acids is 1. The maximum atomic E-state index is 11.7. The van der Waals surface area contributed by atoms with Gasteiger partial charge < -0.3 is 15.7 Å². The van der Waals surface area contributed by atoms with Crippen LogP contribution in [0.1, 0.15) is 36.5 Å². The molecular formula is C16H24N2O3. The number of carbonyl (C=O) groups excluding carboxylic acids is 1. The maximum Gasteiger partial charge on any atom is 0.315 e. The zero-order valence-electron chi connectivity index (χ0n) is 12.9. The monoisotopic (exact) mass is 292 g/mol. The number of urea groups is 1. The third kappa shape index (κ3) is 7.34. The highest BCUT2D eigenvalue weighted by Crippen LogP contribution is 2.10. The van der Waals surface area contributed by atoms with Crippen LogP contribution >= 0.6 is 0 Å². The number of nitrogens with one attached hydrogen (secondary N) is 2. The Kier molecular flexibility index (Phi) is 6.72. The van der Waals surface area contributed by atoms with Gasteiger partial charge in [0, 0.05) is 19.0 Å². The first-order valence-electron chi connectivity index (χ1n) is 7.20. The molecule has 0 spiro atoms. The van der Waals surface area contributed by atoms with Gasteiger partial charge in [-0.15, -0.1) is 0 Å². The molecule has 2 amide bonds. The van der Waals surface area contributed by atoms with Crippen LogP contribution in [0.2, 0.25) is 0 Å². The summed E-state index contributed by atoms with van der Waals surface area (Å²) in [6.07, 6.45) is 1.28. The fraction of sp³-hybridized carbons (Fsp3) is 0.500. The summed E-state index contributed by atoms with van der Waals surface area (Å²) in [7, 11) is 0. The van der Waals surface area contributed by atoms with Gasteiger partial charge in [-0.25, -0.2) is 4.79 Å². The molecule has 0 fully saturated rings. The molecule has 5 nitrogen and oxygen atoms in total. The zero-order chi connectivity index (χ0) is 15.8. The van der Waals surface area contributed by atoms with Gasteiger partial charge in [0.2, 0.25) is 0 Å². The minimum atomic E-state index is -0.847. The summed E-state index contributed by atoms with van der Waals surface area (Å²) < 4.78 is 0. The minimum absolute atomic E-state index is 0.0191. The van der Waals surface area contributed by atoms with Gasteiger partial charge >= 0.3 is 12.0 Å². The van der Waals surface area contributed by atoms with E-state index in [9.17, 15) is 9.59 Å². The number of amides is 2. The number of hydrogen-bond acceptors (Lipinski definition) is 2. The van der Waals surface area contributed by atoms with Crippen LogP contribution in [-0.2, 0) is 11.2 Å². The minimum Gasteiger partial charge on any atom is -0.481 e. The number of carbonyl (C=O) groups is 2. The van der Waals surface area contributed by atoms with Crippen LogP contribution < -0.4 is 10.6 Å². The van der Waals surface area contributed by atoms with E-state index in [1.54, 1.807) is 0 Å². The van der Waals surface area contributed by atoms with Gasteiger partial charge in [-0.2, -0.15) is 0 Å². The largest absolute Gasteiger partial charge is 0.481 e. The Hall–Kier alpha value is -2.04. The highest BCUT2D eigenvalue weighted by molar-refractivity contribution is 5.74. The van der Waals surface area contributed by atoms with Crippen LogP contribution in [0.4, 0.5) is 4.79 Å². The Morgan fingerprint density at radius 3 is 2.38 bits per heavy atom. The first-order valence-corrected chi connectivity index (χ1v) is 7.20. The third-order valence-corrected chi connectivity index (χ3v) is 3.05. The average Bonchev–Trinajstić information content (AvgIpc) is 2.32. The molecule has 1 aromatic carbocycles. The van der Waals surface area contributed by atoms with Gasteiger partial charge in [-0.05, 0) is 39.2 Å². The van der Waals surface area contributed by atoms with E-state index in [-0.39, 0.29) is 18.5 Å². The first-order chi connectivity index (χ1) is 9.86. The van der Waals surface area contributed by atoms with Crippen molar-refractivity contribution in [3.8, 4) is 0 Å². The fourth-order valence-electron chi connectivity index (χ4n) is 2.31. The van der Waals surface area contributed by atoms with E-state index in [0.717, 1.165) is 6.42 Å². The van der Waals surface area contributed by atoms with E-state index in [2.05, 4.69) is 42.7 Å². The molecule has 1 rings (SSSR count). The summed E-state index contributed by atoms with van der Waals surface area (Å²) in [5.74, 6) is -0.847. The number of aryl methyl sites for hydroxylation is 2. The van der Waals surface area contributed by atoms with Crippen LogP contribution in [0, 0.1) is 13.8 Å². The van der Waals surface area contributed by atoms with Gasteiger partial charge in [0.25, 0.3) is 0 Å². The average molecular weight is 292 g/mol. The Bertz CT molecular complexity index is 480. The molecule has 1 unspecified atom stereocenters. The topological polar surface area (TPSA) is 78.4 Å². The molecule has 0 saturated carbocycles. The normalized spacial score (nSPS) is 11.8.